The predicted molar refractivity (Wildman–Crippen MR) is 84.4 cm³/mol. The molecular formula is C17H27NO3. The molecule has 0 amide bonds. The lowest BCUT2D eigenvalue weighted by molar-refractivity contribution is 0.0556. The highest BCUT2D eigenvalue weighted by Crippen LogP contribution is 2.38. The highest BCUT2D eigenvalue weighted by atomic mass is 16.5. The SMILES string of the molecule is CNC1CCC(C)(C)CC1Oc1cc(OC)cc(OC)c1. The van der Waals surface area contributed by atoms with Crippen LogP contribution in [0.4, 0.5) is 0 Å². The van der Waals surface area contributed by atoms with Crippen molar-refractivity contribution in [3.8, 4) is 17.2 Å². The van der Waals surface area contributed by atoms with E-state index in [2.05, 4.69) is 19.2 Å². The summed E-state index contributed by atoms with van der Waals surface area (Å²) < 4.78 is 16.9. The van der Waals surface area contributed by atoms with Crippen LogP contribution in [0.2, 0.25) is 0 Å². The molecule has 2 rings (SSSR count). The Morgan fingerprint density at radius 3 is 2.14 bits per heavy atom. The average molecular weight is 293 g/mol. The second kappa shape index (κ2) is 6.56. The molecule has 0 bridgehead atoms. The van der Waals surface area contributed by atoms with Gasteiger partial charge in [0.25, 0.3) is 0 Å². The van der Waals surface area contributed by atoms with Crippen LogP contribution in [0.5, 0.6) is 17.2 Å². The van der Waals surface area contributed by atoms with Gasteiger partial charge in [-0.15, -0.1) is 0 Å². The second-order valence-corrected chi connectivity index (χ2v) is 6.51. The summed E-state index contributed by atoms with van der Waals surface area (Å²) in [6.45, 7) is 4.61. The van der Waals surface area contributed by atoms with Gasteiger partial charge in [0.05, 0.1) is 14.2 Å². The van der Waals surface area contributed by atoms with Gasteiger partial charge in [-0.25, -0.2) is 0 Å². The summed E-state index contributed by atoms with van der Waals surface area (Å²) in [5, 5.41) is 3.38. The predicted octanol–water partition coefficient (Wildman–Crippen LogP) is 3.25. The van der Waals surface area contributed by atoms with Crippen LogP contribution in [0, 0.1) is 5.41 Å². The van der Waals surface area contributed by atoms with Crippen LogP contribution < -0.4 is 19.5 Å². The van der Waals surface area contributed by atoms with E-state index in [1.165, 1.54) is 6.42 Å². The molecule has 2 unspecified atom stereocenters. The van der Waals surface area contributed by atoms with E-state index in [0.29, 0.717) is 11.5 Å². The van der Waals surface area contributed by atoms with Crippen LogP contribution in [0.3, 0.4) is 0 Å². The Morgan fingerprint density at radius 1 is 1.05 bits per heavy atom. The maximum atomic E-state index is 6.26. The highest BCUT2D eigenvalue weighted by Gasteiger charge is 2.35. The Balaban J connectivity index is 2.18. The van der Waals surface area contributed by atoms with Crippen molar-refractivity contribution < 1.29 is 14.2 Å². The lowest BCUT2D eigenvalue weighted by atomic mass is 9.74. The lowest BCUT2D eigenvalue weighted by Gasteiger charge is -2.40. The fourth-order valence-electron chi connectivity index (χ4n) is 3.00. The number of benzene rings is 1. The molecule has 1 aromatic rings. The maximum Gasteiger partial charge on any atom is 0.127 e. The Kier molecular flexibility index (Phi) is 4.99. The fourth-order valence-corrected chi connectivity index (χ4v) is 3.00. The lowest BCUT2D eigenvalue weighted by Crippen LogP contribution is -2.47. The molecule has 1 fully saturated rings. The third-order valence-corrected chi connectivity index (χ3v) is 4.32. The van der Waals surface area contributed by atoms with Crippen molar-refractivity contribution >= 4 is 0 Å². The van der Waals surface area contributed by atoms with Crippen molar-refractivity contribution in [3.63, 3.8) is 0 Å². The first-order chi connectivity index (χ1) is 9.97. The molecular weight excluding hydrogens is 266 g/mol. The van der Waals surface area contributed by atoms with Crippen molar-refractivity contribution in [1.82, 2.24) is 5.32 Å². The topological polar surface area (TPSA) is 39.7 Å². The summed E-state index contributed by atoms with van der Waals surface area (Å²) in [7, 11) is 5.31. The molecule has 0 aliphatic heterocycles. The number of hydrogen-bond donors (Lipinski definition) is 1. The summed E-state index contributed by atoms with van der Waals surface area (Å²) in [6.07, 6.45) is 3.56. The molecule has 0 radical (unpaired) electrons. The molecule has 118 valence electrons. The quantitative estimate of drug-likeness (QED) is 0.904. The maximum absolute atomic E-state index is 6.26. The largest absolute Gasteiger partial charge is 0.496 e. The number of nitrogens with one attached hydrogen (secondary N) is 1. The minimum Gasteiger partial charge on any atom is -0.496 e. The van der Waals surface area contributed by atoms with Gasteiger partial charge in [-0.1, -0.05) is 13.8 Å². The summed E-state index contributed by atoms with van der Waals surface area (Å²) >= 11 is 0. The Bertz CT molecular complexity index is 451. The zero-order chi connectivity index (χ0) is 15.5. The van der Waals surface area contributed by atoms with Crippen molar-refractivity contribution in [2.24, 2.45) is 5.41 Å². The first-order valence-electron chi connectivity index (χ1n) is 7.54. The van der Waals surface area contributed by atoms with Gasteiger partial charge in [-0.2, -0.15) is 0 Å². The van der Waals surface area contributed by atoms with Crippen LogP contribution in [0.1, 0.15) is 33.1 Å². The molecule has 1 aliphatic rings. The molecule has 1 aliphatic carbocycles. The molecule has 0 heterocycles. The van der Waals surface area contributed by atoms with E-state index in [-0.39, 0.29) is 6.10 Å². The van der Waals surface area contributed by atoms with Crippen LogP contribution in [0.25, 0.3) is 0 Å². The van der Waals surface area contributed by atoms with Crippen molar-refractivity contribution in [2.45, 2.75) is 45.3 Å². The molecule has 1 saturated carbocycles. The van der Waals surface area contributed by atoms with E-state index in [1.54, 1.807) is 14.2 Å². The third-order valence-electron chi connectivity index (χ3n) is 4.32. The van der Waals surface area contributed by atoms with E-state index >= 15 is 0 Å². The number of ether oxygens (including phenoxy) is 3. The zero-order valence-corrected chi connectivity index (χ0v) is 13.7. The summed E-state index contributed by atoms with van der Waals surface area (Å²) in [6, 6.07) is 6.07. The van der Waals surface area contributed by atoms with Crippen molar-refractivity contribution in [2.75, 3.05) is 21.3 Å². The smallest absolute Gasteiger partial charge is 0.127 e. The normalized spacial score (nSPS) is 24.4. The van der Waals surface area contributed by atoms with E-state index in [4.69, 9.17) is 14.2 Å². The first-order valence-corrected chi connectivity index (χ1v) is 7.54. The first kappa shape index (κ1) is 16.0. The minimum absolute atomic E-state index is 0.163. The van der Waals surface area contributed by atoms with Gasteiger partial charge in [-0.3, -0.25) is 0 Å². The Morgan fingerprint density at radius 2 is 1.62 bits per heavy atom. The molecule has 4 heteroatoms. The number of hydrogen-bond acceptors (Lipinski definition) is 4. The van der Waals surface area contributed by atoms with Crippen molar-refractivity contribution in [3.05, 3.63) is 18.2 Å². The minimum atomic E-state index is 0.163. The third kappa shape index (κ3) is 4.03. The highest BCUT2D eigenvalue weighted by molar-refractivity contribution is 5.42. The molecule has 21 heavy (non-hydrogen) atoms. The molecule has 0 aromatic heterocycles. The van der Waals surface area contributed by atoms with Crippen LogP contribution in [-0.2, 0) is 0 Å². The summed E-state index contributed by atoms with van der Waals surface area (Å²) in [5.41, 5.74) is 0.320. The summed E-state index contributed by atoms with van der Waals surface area (Å²) in [4.78, 5) is 0. The van der Waals surface area contributed by atoms with Crippen LogP contribution >= 0.6 is 0 Å². The standard InChI is InChI=1S/C17H27NO3/c1-17(2)7-6-15(18-3)16(11-17)21-14-9-12(19-4)8-13(10-14)20-5/h8-10,15-16,18H,6-7,11H2,1-5H3. The van der Waals surface area contributed by atoms with Gasteiger partial charge < -0.3 is 19.5 Å². The number of methoxy groups -OCH3 is 2. The van der Waals surface area contributed by atoms with Gasteiger partial charge >= 0.3 is 0 Å². The molecule has 1 aromatic carbocycles. The van der Waals surface area contributed by atoms with Gasteiger partial charge in [-0.05, 0) is 31.7 Å². The van der Waals surface area contributed by atoms with Gasteiger partial charge in [0.15, 0.2) is 0 Å². The van der Waals surface area contributed by atoms with E-state index < -0.39 is 0 Å². The van der Waals surface area contributed by atoms with Crippen LogP contribution in [0.15, 0.2) is 18.2 Å². The molecule has 0 saturated heterocycles. The second-order valence-electron chi connectivity index (χ2n) is 6.51. The molecule has 1 N–H and O–H groups in total. The Hall–Kier alpha value is -1.42. The average Bonchev–Trinajstić information content (AvgIpc) is 2.46. The fraction of sp³-hybridized carbons (Fsp3) is 0.647. The Labute approximate surface area is 127 Å². The van der Waals surface area contributed by atoms with Gasteiger partial charge in [0, 0.05) is 24.2 Å². The van der Waals surface area contributed by atoms with Crippen LogP contribution in [-0.4, -0.2) is 33.4 Å². The summed E-state index contributed by atoms with van der Waals surface area (Å²) in [5.74, 6) is 2.30. The monoisotopic (exact) mass is 293 g/mol. The van der Waals surface area contributed by atoms with Gasteiger partial charge in [0.1, 0.15) is 23.4 Å². The van der Waals surface area contributed by atoms with Crippen molar-refractivity contribution in [1.29, 1.82) is 0 Å². The molecule has 4 nitrogen and oxygen atoms in total. The zero-order valence-electron chi connectivity index (χ0n) is 13.7. The van der Waals surface area contributed by atoms with E-state index in [0.717, 1.165) is 30.1 Å². The van der Waals surface area contributed by atoms with Gasteiger partial charge in [0.2, 0.25) is 0 Å². The number of rotatable bonds is 5. The molecule has 2 atom stereocenters. The molecule has 0 spiro atoms. The van der Waals surface area contributed by atoms with E-state index in [9.17, 15) is 0 Å². The van der Waals surface area contributed by atoms with E-state index in [1.807, 2.05) is 25.2 Å². The number of likely N-dealkylation sites (N-methyl/N-ethyl adjacent to an activating group) is 1.